The molecular weight excluding hydrogens is 691 g/mol. The van der Waals surface area contributed by atoms with Crippen LogP contribution in [0.1, 0.15) is 80.9 Å². The summed E-state index contributed by atoms with van der Waals surface area (Å²) >= 11 is 0. The first-order chi connectivity index (χ1) is 27.9. The molecule has 3 nitrogen and oxygen atoms in total. The molecule has 0 saturated heterocycles. The predicted octanol–water partition coefficient (Wildman–Crippen LogP) is 11.3. The molecule has 1 radical (unpaired) electrons. The number of nitrogens with one attached hydrogen (secondary N) is 1. The van der Waals surface area contributed by atoms with E-state index in [1.165, 1.54) is 141 Å². The van der Waals surface area contributed by atoms with Crippen molar-refractivity contribution in [1.29, 1.82) is 0 Å². The van der Waals surface area contributed by atoms with Crippen LogP contribution in [-0.2, 0) is 10.8 Å². The highest BCUT2D eigenvalue weighted by Crippen LogP contribution is 2.85. The van der Waals surface area contributed by atoms with Crippen molar-refractivity contribution in [3.05, 3.63) is 102 Å². The molecule has 9 saturated carbocycles. The molecule has 7 unspecified atom stereocenters. The number of fused-ring (bicyclic) bond motifs is 12. The Labute approximate surface area is 332 Å². The average Bonchev–Trinajstić information content (AvgIpc) is 4.07. The van der Waals surface area contributed by atoms with Gasteiger partial charge in [0.05, 0.1) is 11.0 Å². The summed E-state index contributed by atoms with van der Waals surface area (Å²) in [6.45, 7) is 2.31. The van der Waals surface area contributed by atoms with E-state index in [4.69, 9.17) is 4.42 Å². The third-order valence-electron chi connectivity index (χ3n) is 20.0. The standard InChI is InChI=1S/C53H44BN2O/c1-26-11-37(45-43(12-26)56-47-35(6-4-7-41(47)54-45)49-48(56)34-5-2-3-8-44(34)57-49)39-18-29(50-21-32-14-30-15-33(22-50)53(30,32)25-50)17-38-36-16-28(9-10-42(36)55-46(38)39)51-20-31-13-27-19-52(31,24-51)40(27)23-51/h2-12,16-18,27,30-33,40,55H,13-15,19-25H2,1H3. The first kappa shape index (κ1) is 29.5. The molecule has 5 aromatic carbocycles. The lowest BCUT2D eigenvalue weighted by molar-refractivity contribution is -0.175. The molecule has 8 aromatic rings. The zero-order valence-corrected chi connectivity index (χ0v) is 32.6. The van der Waals surface area contributed by atoms with Crippen molar-refractivity contribution in [3.8, 4) is 16.8 Å². The quantitative estimate of drug-likeness (QED) is 0.180. The van der Waals surface area contributed by atoms with E-state index in [0.717, 1.165) is 46.7 Å². The van der Waals surface area contributed by atoms with Crippen molar-refractivity contribution in [3.63, 3.8) is 0 Å². The summed E-state index contributed by atoms with van der Waals surface area (Å²) in [5, 5.41) is 5.32. The second-order valence-corrected chi connectivity index (χ2v) is 21.7. The van der Waals surface area contributed by atoms with Crippen LogP contribution < -0.4 is 10.9 Å². The number of nitrogens with zero attached hydrogens (tertiary/aromatic N) is 1. The lowest BCUT2D eigenvalue weighted by Gasteiger charge is -2.66. The molecule has 10 aliphatic rings. The Hall–Kier alpha value is -4.70. The molecule has 1 N–H and O–H groups in total. The first-order valence-electron chi connectivity index (χ1n) is 22.5. The van der Waals surface area contributed by atoms with E-state index >= 15 is 0 Å². The minimum absolute atomic E-state index is 0.321. The largest absolute Gasteiger partial charge is 0.454 e. The van der Waals surface area contributed by atoms with E-state index in [9.17, 15) is 0 Å². The number of benzene rings is 5. The van der Waals surface area contributed by atoms with E-state index in [0.29, 0.717) is 21.7 Å². The Morgan fingerprint density at radius 3 is 2.39 bits per heavy atom. The van der Waals surface area contributed by atoms with E-state index in [-0.39, 0.29) is 0 Å². The Morgan fingerprint density at radius 2 is 1.53 bits per heavy atom. The van der Waals surface area contributed by atoms with Gasteiger partial charge in [-0.1, -0.05) is 41.9 Å². The molecule has 5 bridgehead atoms. The highest BCUT2D eigenvalue weighted by Gasteiger charge is 2.78. The molecule has 3 aromatic heterocycles. The van der Waals surface area contributed by atoms with Crippen molar-refractivity contribution in [1.82, 2.24) is 9.55 Å². The van der Waals surface area contributed by atoms with Gasteiger partial charge in [0.15, 0.2) is 12.9 Å². The molecule has 7 atom stereocenters. The van der Waals surface area contributed by atoms with Gasteiger partial charge >= 0.3 is 0 Å². The van der Waals surface area contributed by atoms with Crippen LogP contribution in [0, 0.1) is 53.3 Å². The zero-order chi connectivity index (χ0) is 36.5. The van der Waals surface area contributed by atoms with Crippen molar-refractivity contribution in [2.45, 2.75) is 82.0 Å². The number of aromatic amines is 1. The maximum atomic E-state index is 6.66. The third-order valence-corrected chi connectivity index (χ3v) is 20.0. The second kappa shape index (κ2) is 8.82. The minimum Gasteiger partial charge on any atom is -0.454 e. The fourth-order valence-corrected chi connectivity index (χ4v) is 18.2. The molecule has 1 aliphatic heterocycles. The van der Waals surface area contributed by atoms with E-state index < -0.39 is 0 Å². The van der Waals surface area contributed by atoms with Gasteiger partial charge in [0.25, 0.3) is 0 Å². The molecule has 9 aliphatic carbocycles. The SMILES string of the molecule is Cc1cc(-c2cc(C34CC5CC6CC(C3)C65C4)cc3c2[nH]c2ccc(C45CC6CC7CC6(C4)C7C5)cc23)c2c(c1)-n1c3c(cccc3c3oc4ccccc4c31)[B]2. The van der Waals surface area contributed by atoms with Crippen LogP contribution in [0.4, 0.5) is 0 Å². The molecular formula is C53H44BN2O. The summed E-state index contributed by atoms with van der Waals surface area (Å²) < 4.78 is 9.21. The fourth-order valence-electron chi connectivity index (χ4n) is 18.2. The van der Waals surface area contributed by atoms with Gasteiger partial charge in [-0.15, -0.1) is 0 Å². The first-order valence-corrected chi connectivity index (χ1v) is 22.5. The molecule has 18 rings (SSSR count). The summed E-state index contributed by atoms with van der Waals surface area (Å²) in [5.41, 5.74) is 20.4. The van der Waals surface area contributed by atoms with Gasteiger partial charge in [0.2, 0.25) is 0 Å². The Kier molecular flexibility index (Phi) is 4.57. The third kappa shape index (κ3) is 2.99. The number of aromatic nitrogens is 2. The van der Waals surface area contributed by atoms with Gasteiger partial charge in [0.1, 0.15) is 11.1 Å². The molecule has 57 heavy (non-hydrogen) atoms. The minimum atomic E-state index is 0.321. The monoisotopic (exact) mass is 735 g/mol. The topological polar surface area (TPSA) is 33.9 Å². The van der Waals surface area contributed by atoms with Gasteiger partial charge in [-0.3, -0.25) is 0 Å². The highest BCUT2D eigenvalue weighted by atomic mass is 16.3. The van der Waals surface area contributed by atoms with Crippen molar-refractivity contribution in [2.24, 2.45) is 46.3 Å². The number of rotatable bonds is 3. The molecule has 275 valence electrons. The van der Waals surface area contributed by atoms with E-state index in [2.05, 4.69) is 109 Å². The second-order valence-electron chi connectivity index (χ2n) is 21.7. The molecule has 4 heterocycles. The van der Waals surface area contributed by atoms with Crippen LogP contribution in [0.2, 0.25) is 0 Å². The molecule has 0 amide bonds. The van der Waals surface area contributed by atoms with Gasteiger partial charge in [-0.05, 0) is 205 Å². The number of hydrogen-bond donors (Lipinski definition) is 1. The summed E-state index contributed by atoms with van der Waals surface area (Å²) in [5.74, 6) is 5.99. The van der Waals surface area contributed by atoms with Crippen LogP contribution in [-0.4, -0.2) is 16.8 Å². The summed E-state index contributed by atoms with van der Waals surface area (Å²) in [4.78, 5) is 4.13. The van der Waals surface area contributed by atoms with Gasteiger partial charge in [-0.25, -0.2) is 0 Å². The number of aryl methyl sites for hydroxylation is 1. The van der Waals surface area contributed by atoms with Gasteiger partial charge < -0.3 is 14.0 Å². The van der Waals surface area contributed by atoms with Crippen molar-refractivity contribution < 1.29 is 4.42 Å². The molecule has 2 spiro atoms. The Bertz CT molecular complexity index is 3250. The fraction of sp³-hybridized carbons (Fsp3) is 0.396. The normalized spacial score (nSPS) is 37.6. The molecule has 9 fully saturated rings. The smallest absolute Gasteiger partial charge is 0.197 e. The van der Waals surface area contributed by atoms with Crippen molar-refractivity contribution >= 4 is 73.0 Å². The number of para-hydroxylation sites is 2. The Balaban J connectivity index is 0.936. The molecule has 4 heteroatoms. The number of hydrogen-bond acceptors (Lipinski definition) is 1. The summed E-state index contributed by atoms with van der Waals surface area (Å²) in [6.07, 6.45) is 14.7. The van der Waals surface area contributed by atoms with Gasteiger partial charge in [0, 0.05) is 38.3 Å². The Morgan fingerprint density at radius 1 is 0.684 bits per heavy atom. The van der Waals surface area contributed by atoms with Crippen LogP contribution in [0.5, 0.6) is 0 Å². The van der Waals surface area contributed by atoms with E-state index in [1.807, 2.05) is 0 Å². The van der Waals surface area contributed by atoms with Crippen LogP contribution in [0.15, 0.2) is 89.3 Å². The lowest BCUT2D eigenvalue weighted by Crippen LogP contribution is -2.59. The highest BCUT2D eigenvalue weighted by molar-refractivity contribution is 6.73. The predicted molar refractivity (Wildman–Crippen MR) is 230 cm³/mol. The maximum absolute atomic E-state index is 6.66. The van der Waals surface area contributed by atoms with E-state index in [1.54, 1.807) is 11.1 Å². The van der Waals surface area contributed by atoms with Crippen LogP contribution in [0.3, 0.4) is 0 Å². The van der Waals surface area contributed by atoms with Crippen LogP contribution in [0.25, 0.3) is 71.6 Å². The van der Waals surface area contributed by atoms with Gasteiger partial charge in [-0.2, -0.15) is 0 Å². The summed E-state index contributed by atoms with van der Waals surface area (Å²) in [6, 6.07) is 33.5. The van der Waals surface area contributed by atoms with Crippen molar-refractivity contribution in [2.75, 3.05) is 0 Å². The zero-order valence-electron chi connectivity index (χ0n) is 32.6. The number of H-pyrrole nitrogens is 1. The average molecular weight is 736 g/mol. The maximum Gasteiger partial charge on any atom is 0.197 e. The lowest BCUT2D eigenvalue weighted by atomic mass is 9.38. The number of furan rings is 1. The summed E-state index contributed by atoms with van der Waals surface area (Å²) in [7, 11) is 2.49. The van der Waals surface area contributed by atoms with Crippen LogP contribution >= 0.6 is 0 Å².